The molecule has 1 aromatic carbocycles. The minimum absolute atomic E-state index is 0.00547. The Balaban J connectivity index is 1.30. The predicted molar refractivity (Wildman–Crippen MR) is 141 cm³/mol. The van der Waals surface area contributed by atoms with Gasteiger partial charge >= 0.3 is 6.01 Å². The van der Waals surface area contributed by atoms with E-state index in [1.54, 1.807) is 0 Å². The van der Waals surface area contributed by atoms with Crippen LogP contribution in [0.25, 0.3) is 0 Å². The van der Waals surface area contributed by atoms with Crippen LogP contribution in [0.5, 0.6) is 6.01 Å². The second-order valence-corrected chi connectivity index (χ2v) is 11.0. The molecule has 2 aromatic rings. The van der Waals surface area contributed by atoms with Crippen LogP contribution in [-0.2, 0) is 29.5 Å². The number of likely N-dealkylation sites (N-methyl/N-ethyl adjacent to an activating group) is 1. The molecule has 190 valence electrons. The summed E-state index contributed by atoms with van der Waals surface area (Å²) in [5.74, 6) is 1.02. The standard InChI is InChI=1S/C29H37N5O2/c1-3-26(35)33-15-17-34(18-16-33)27-23-11-13-29(12-10-21-7-4-5-9-24(21)29)19-25(23)30-28(31-27)36-20-22-8-6-14-32(22)2/h3-5,7,9,22H,1,6,8,10-20H2,2H3. The zero-order valence-corrected chi connectivity index (χ0v) is 21.4. The number of aryl methyl sites for hydroxylation is 1. The fraction of sp³-hybridized carbons (Fsp3) is 0.552. The zero-order valence-electron chi connectivity index (χ0n) is 21.4. The zero-order chi connectivity index (χ0) is 24.7. The number of aromatic nitrogens is 2. The highest BCUT2D eigenvalue weighted by molar-refractivity contribution is 5.87. The van der Waals surface area contributed by atoms with Crippen molar-refractivity contribution >= 4 is 11.7 Å². The highest BCUT2D eigenvalue weighted by atomic mass is 16.5. The van der Waals surface area contributed by atoms with Crippen LogP contribution in [0.15, 0.2) is 36.9 Å². The first-order valence-electron chi connectivity index (χ1n) is 13.5. The Morgan fingerprint density at radius 3 is 2.72 bits per heavy atom. The molecule has 0 saturated carbocycles. The molecule has 7 nitrogen and oxygen atoms in total. The van der Waals surface area contributed by atoms with E-state index in [4.69, 9.17) is 14.7 Å². The maximum atomic E-state index is 12.1. The molecule has 2 atom stereocenters. The first-order valence-corrected chi connectivity index (χ1v) is 13.5. The third-order valence-corrected chi connectivity index (χ3v) is 9.01. The summed E-state index contributed by atoms with van der Waals surface area (Å²) < 4.78 is 6.29. The van der Waals surface area contributed by atoms with E-state index in [1.807, 2.05) is 4.90 Å². The second kappa shape index (κ2) is 9.51. The summed E-state index contributed by atoms with van der Waals surface area (Å²) in [5.41, 5.74) is 5.62. The number of benzene rings is 1. The molecule has 2 aliphatic heterocycles. The Hall–Kier alpha value is -2.93. The Morgan fingerprint density at radius 1 is 1.14 bits per heavy atom. The minimum atomic E-state index is 0.00547. The van der Waals surface area contributed by atoms with Gasteiger partial charge in [0.1, 0.15) is 12.4 Å². The van der Waals surface area contributed by atoms with Crippen LogP contribution in [0.2, 0.25) is 0 Å². The molecule has 3 heterocycles. The van der Waals surface area contributed by atoms with Gasteiger partial charge in [0.15, 0.2) is 0 Å². The van der Waals surface area contributed by atoms with Crippen LogP contribution in [-0.4, -0.2) is 78.1 Å². The monoisotopic (exact) mass is 487 g/mol. The minimum Gasteiger partial charge on any atom is -0.462 e. The average molecular weight is 488 g/mol. The third-order valence-electron chi connectivity index (χ3n) is 9.01. The van der Waals surface area contributed by atoms with Gasteiger partial charge in [-0.1, -0.05) is 30.8 Å². The van der Waals surface area contributed by atoms with Gasteiger partial charge in [-0.05, 0) is 75.7 Å². The Morgan fingerprint density at radius 2 is 1.94 bits per heavy atom. The largest absolute Gasteiger partial charge is 0.462 e. The number of rotatable bonds is 5. The summed E-state index contributed by atoms with van der Waals surface area (Å²) in [6, 6.07) is 9.91. The van der Waals surface area contributed by atoms with Gasteiger partial charge in [-0.25, -0.2) is 0 Å². The first-order chi connectivity index (χ1) is 17.6. The molecule has 1 amide bonds. The van der Waals surface area contributed by atoms with Crippen LogP contribution in [0.1, 0.15) is 48.1 Å². The number of ether oxygens (including phenoxy) is 1. The van der Waals surface area contributed by atoms with E-state index in [0.29, 0.717) is 31.7 Å². The Bertz CT molecular complexity index is 1160. The lowest BCUT2D eigenvalue weighted by molar-refractivity contribution is -0.126. The van der Waals surface area contributed by atoms with Gasteiger partial charge in [0.25, 0.3) is 0 Å². The fourth-order valence-corrected chi connectivity index (χ4v) is 6.83. The smallest absolute Gasteiger partial charge is 0.318 e. The van der Waals surface area contributed by atoms with Crippen molar-refractivity contribution in [1.29, 1.82) is 0 Å². The number of piperazine rings is 1. The van der Waals surface area contributed by atoms with Crippen molar-refractivity contribution in [3.05, 3.63) is 59.3 Å². The van der Waals surface area contributed by atoms with Crippen LogP contribution in [0, 0.1) is 0 Å². The van der Waals surface area contributed by atoms with E-state index in [0.717, 1.165) is 63.3 Å². The van der Waals surface area contributed by atoms with E-state index in [9.17, 15) is 4.79 Å². The van der Waals surface area contributed by atoms with Crippen LogP contribution in [0.4, 0.5) is 5.82 Å². The lowest BCUT2D eigenvalue weighted by Crippen LogP contribution is -2.49. The van der Waals surface area contributed by atoms with Gasteiger partial charge in [-0.15, -0.1) is 0 Å². The number of amides is 1. The molecule has 1 spiro atoms. The van der Waals surface area contributed by atoms with E-state index in [1.165, 1.54) is 35.6 Å². The average Bonchev–Trinajstić information content (AvgIpc) is 3.49. The molecule has 36 heavy (non-hydrogen) atoms. The lowest BCUT2D eigenvalue weighted by atomic mass is 9.69. The number of likely N-dealkylation sites (tertiary alicyclic amines) is 1. The lowest BCUT2D eigenvalue weighted by Gasteiger charge is -2.39. The van der Waals surface area contributed by atoms with Crippen molar-refractivity contribution in [2.75, 3.05) is 51.3 Å². The summed E-state index contributed by atoms with van der Waals surface area (Å²) >= 11 is 0. The molecule has 4 aliphatic rings. The first kappa shape index (κ1) is 23.5. The van der Waals surface area contributed by atoms with E-state index < -0.39 is 0 Å². The summed E-state index contributed by atoms with van der Waals surface area (Å²) in [6.07, 6.45) is 9.20. The molecule has 2 unspecified atom stereocenters. The van der Waals surface area contributed by atoms with Gasteiger partial charge in [0.2, 0.25) is 5.91 Å². The van der Waals surface area contributed by atoms with Gasteiger partial charge in [-0.2, -0.15) is 9.97 Å². The highest BCUT2D eigenvalue weighted by Gasteiger charge is 2.43. The van der Waals surface area contributed by atoms with Gasteiger partial charge < -0.3 is 19.4 Å². The molecule has 2 fully saturated rings. The predicted octanol–water partition coefficient (Wildman–Crippen LogP) is 3.16. The molecule has 2 aliphatic carbocycles. The van der Waals surface area contributed by atoms with Crippen molar-refractivity contribution in [3.63, 3.8) is 0 Å². The number of nitrogens with zero attached hydrogens (tertiary/aromatic N) is 5. The molecule has 0 N–H and O–H groups in total. The van der Waals surface area contributed by atoms with Crippen molar-refractivity contribution in [1.82, 2.24) is 19.8 Å². The number of fused-ring (bicyclic) bond motifs is 3. The summed E-state index contributed by atoms with van der Waals surface area (Å²) in [5, 5.41) is 0. The summed E-state index contributed by atoms with van der Waals surface area (Å²) in [4.78, 5) is 28.7. The van der Waals surface area contributed by atoms with E-state index in [-0.39, 0.29) is 11.3 Å². The number of anilines is 1. The molecule has 2 saturated heterocycles. The summed E-state index contributed by atoms with van der Waals surface area (Å²) in [6.45, 7) is 8.30. The van der Waals surface area contributed by atoms with Crippen LogP contribution >= 0.6 is 0 Å². The normalized spacial score (nSPS) is 25.6. The Labute approximate surface area is 214 Å². The molecule has 6 rings (SSSR count). The topological polar surface area (TPSA) is 61.8 Å². The van der Waals surface area contributed by atoms with Crippen LogP contribution < -0.4 is 9.64 Å². The SMILES string of the molecule is C=CC(=O)N1CCN(c2nc(OCC3CCCN3C)nc3c2CCC2(CCc4ccccc42)C3)CC1. The Kier molecular flexibility index (Phi) is 6.20. The quantitative estimate of drug-likeness (QED) is 0.604. The molecular weight excluding hydrogens is 450 g/mol. The van der Waals surface area contributed by atoms with Crippen LogP contribution in [0.3, 0.4) is 0 Å². The summed E-state index contributed by atoms with van der Waals surface area (Å²) in [7, 11) is 2.17. The molecule has 0 radical (unpaired) electrons. The van der Waals surface area contributed by atoms with Crippen molar-refractivity contribution in [2.45, 2.75) is 56.4 Å². The maximum absolute atomic E-state index is 12.1. The number of carbonyl (C=O) groups excluding carboxylic acids is 1. The van der Waals surface area contributed by atoms with Gasteiger partial charge in [0, 0.05) is 43.2 Å². The number of hydrogen-bond acceptors (Lipinski definition) is 6. The highest BCUT2D eigenvalue weighted by Crippen LogP contribution is 2.48. The van der Waals surface area contributed by atoms with Gasteiger partial charge in [0.05, 0.1) is 5.69 Å². The molecule has 0 bridgehead atoms. The second-order valence-electron chi connectivity index (χ2n) is 11.0. The molecule has 7 heteroatoms. The van der Waals surface area contributed by atoms with Crippen molar-refractivity contribution in [3.8, 4) is 6.01 Å². The molecular formula is C29H37N5O2. The number of hydrogen-bond donors (Lipinski definition) is 0. The van der Waals surface area contributed by atoms with Gasteiger partial charge in [-0.3, -0.25) is 4.79 Å². The number of carbonyl (C=O) groups is 1. The van der Waals surface area contributed by atoms with E-state index in [2.05, 4.69) is 47.7 Å². The van der Waals surface area contributed by atoms with Crippen molar-refractivity contribution < 1.29 is 9.53 Å². The maximum Gasteiger partial charge on any atom is 0.318 e. The van der Waals surface area contributed by atoms with E-state index >= 15 is 0 Å². The third kappa shape index (κ3) is 4.17. The van der Waals surface area contributed by atoms with Crippen molar-refractivity contribution in [2.24, 2.45) is 0 Å². The fourth-order valence-electron chi connectivity index (χ4n) is 6.83. The molecule has 1 aromatic heterocycles.